The smallest absolute Gasteiger partial charge is 0.284 e. The molecule has 92 valence electrons. The van der Waals surface area contributed by atoms with Crippen molar-refractivity contribution < 1.29 is 9.63 Å². The summed E-state index contributed by atoms with van der Waals surface area (Å²) in [6.07, 6.45) is 3.13. The van der Waals surface area contributed by atoms with E-state index in [1.54, 1.807) is 24.5 Å². The SMILES string of the molecule is Cc1cccc(C)c1ONC(=O)c1ccncc1. The third-order valence-corrected chi connectivity index (χ3v) is 2.60. The van der Waals surface area contributed by atoms with Crippen molar-refractivity contribution in [1.29, 1.82) is 0 Å². The fourth-order valence-electron chi connectivity index (χ4n) is 1.62. The Labute approximate surface area is 106 Å². The number of benzene rings is 1. The molecule has 0 saturated carbocycles. The second-order valence-electron chi connectivity index (χ2n) is 3.99. The Hall–Kier alpha value is -2.36. The van der Waals surface area contributed by atoms with E-state index in [9.17, 15) is 4.79 Å². The van der Waals surface area contributed by atoms with Crippen LogP contribution in [-0.4, -0.2) is 10.9 Å². The highest BCUT2D eigenvalue weighted by Crippen LogP contribution is 2.21. The highest BCUT2D eigenvalue weighted by Gasteiger charge is 2.08. The molecule has 1 aromatic carbocycles. The summed E-state index contributed by atoms with van der Waals surface area (Å²) in [6.45, 7) is 3.86. The number of aromatic nitrogens is 1. The molecule has 4 heteroatoms. The van der Waals surface area contributed by atoms with Gasteiger partial charge in [0.05, 0.1) is 0 Å². The van der Waals surface area contributed by atoms with Gasteiger partial charge < -0.3 is 4.84 Å². The Kier molecular flexibility index (Phi) is 3.57. The van der Waals surface area contributed by atoms with Gasteiger partial charge in [0, 0.05) is 18.0 Å². The molecule has 0 spiro atoms. The van der Waals surface area contributed by atoms with E-state index in [0.717, 1.165) is 11.1 Å². The molecule has 4 nitrogen and oxygen atoms in total. The molecule has 0 radical (unpaired) electrons. The van der Waals surface area contributed by atoms with Crippen LogP contribution in [0.2, 0.25) is 0 Å². The van der Waals surface area contributed by atoms with E-state index in [1.807, 2.05) is 32.0 Å². The molecule has 0 bridgehead atoms. The Morgan fingerprint density at radius 1 is 1.11 bits per heavy atom. The van der Waals surface area contributed by atoms with Crippen LogP contribution in [0.25, 0.3) is 0 Å². The number of carbonyl (C=O) groups excluding carboxylic acids is 1. The van der Waals surface area contributed by atoms with Crippen molar-refractivity contribution in [3.05, 3.63) is 59.4 Å². The molecule has 1 amide bonds. The average Bonchev–Trinajstić information content (AvgIpc) is 2.39. The van der Waals surface area contributed by atoms with Crippen molar-refractivity contribution in [2.75, 3.05) is 0 Å². The molecule has 0 unspecified atom stereocenters. The number of hydrogen-bond acceptors (Lipinski definition) is 3. The van der Waals surface area contributed by atoms with Crippen molar-refractivity contribution >= 4 is 5.91 Å². The third kappa shape index (κ3) is 2.66. The van der Waals surface area contributed by atoms with Crippen LogP contribution in [0.1, 0.15) is 21.5 Å². The number of carbonyl (C=O) groups is 1. The number of nitrogens with one attached hydrogen (secondary N) is 1. The van der Waals surface area contributed by atoms with Gasteiger partial charge in [0.15, 0.2) is 5.75 Å². The first-order valence-electron chi connectivity index (χ1n) is 5.62. The molecule has 2 aromatic rings. The predicted octanol–water partition coefficient (Wildman–Crippen LogP) is 2.42. The lowest BCUT2D eigenvalue weighted by molar-refractivity contribution is 0.0757. The van der Waals surface area contributed by atoms with Crippen LogP contribution in [0.4, 0.5) is 0 Å². The lowest BCUT2D eigenvalue weighted by atomic mass is 10.1. The normalized spacial score (nSPS) is 9.89. The maximum atomic E-state index is 11.8. The Morgan fingerprint density at radius 3 is 2.33 bits per heavy atom. The second kappa shape index (κ2) is 5.31. The lowest BCUT2D eigenvalue weighted by Gasteiger charge is -2.11. The Bertz CT molecular complexity index is 533. The fraction of sp³-hybridized carbons (Fsp3) is 0.143. The van der Waals surface area contributed by atoms with Gasteiger partial charge in [0.1, 0.15) is 0 Å². The van der Waals surface area contributed by atoms with Crippen LogP contribution in [0.5, 0.6) is 5.75 Å². The van der Waals surface area contributed by atoms with E-state index in [1.165, 1.54) is 0 Å². The Balaban J connectivity index is 2.07. The van der Waals surface area contributed by atoms with E-state index < -0.39 is 0 Å². The maximum absolute atomic E-state index is 11.8. The molecule has 1 N–H and O–H groups in total. The first kappa shape index (κ1) is 12.1. The molecular formula is C14H14N2O2. The minimum absolute atomic E-state index is 0.292. The number of nitrogens with zero attached hydrogens (tertiary/aromatic N) is 1. The molecule has 0 atom stereocenters. The number of hydroxylamine groups is 1. The first-order valence-corrected chi connectivity index (χ1v) is 5.62. The minimum atomic E-state index is -0.292. The molecule has 0 aliphatic heterocycles. The van der Waals surface area contributed by atoms with E-state index in [2.05, 4.69) is 10.5 Å². The summed E-state index contributed by atoms with van der Waals surface area (Å²) in [6, 6.07) is 9.07. The standard InChI is InChI=1S/C14H14N2O2/c1-10-4-3-5-11(2)13(10)18-16-14(17)12-6-8-15-9-7-12/h3-9H,1-2H3,(H,16,17). The summed E-state index contributed by atoms with van der Waals surface area (Å²) in [5.74, 6) is 0.389. The Morgan fingerprint density at radius 2 is 1.72 bits per heavy atom. The van der Waals surface area contributed by atoms with Crippen LogP contribution in [0.15, 0.2) is 42.7 Å². The summed E-state index contributed by atoms with van der Waals surface area (Å²) >= 11 is 0. The van der Waals surface area contributed by atoms with Gasteiger partial charge >= 0.3 is 0 Å². The lowest BCUT2D eigenvalue weighted by Crippen LogP contribution is -2.27. The summed E-state index contributed by atoms with van der Waals surface area (Å²) in [5, 5.41) is 0. The quantitative estimate of drug-likeness (QED) is 0.841. The molecule has 18 heavy (non-hydrogen) atoms. The molecule has 0 aliphatic rings. The molecule has 0 aliphatic carbocycles. The molecule has 1 heterocycles. The summed E-state index contributed by atoms with van der Waals surface area (Å²) in [7, 11) is 0. The number of aryl methyl sites for hydroxylation is 2. The number of para-hydroxylation sites is 1. The van der Waals surface area contributed by atoms with Gasteiger partial charge in [-0.1, -0.05) is 18.2 Å². The maximum Gasteiger partial charge on any atom is 0.284 e. The minimum Gasteiger partial charge on any atom is -0.379 e. The van der Waals surface area contributed by atoms with Gasteiger partial charge in [-0.15, -0.1) is 0 Å². The number of pyridine rings is 1. The van der Waals surface area contributed by atoms with Crippen molar-refractivity contribution in [1.82, 2.24) is 10.5 Å². The van der Waals surface area contributed by atoms with E-state index >= 15 is 0 Å². The van der Waals surface area contributed by atoms with Gasteiger partial charge in [-0.2, -0.15) is 5.48 Å². The topological polar surface area (TPSA) is 51.2 Å². The predicted molar refractivity (Wildman–Crippen MR) is 68.2 cm³/mol. The summed E-state index contributed by atoms with van der Waals surface area (Å²) < 4.78 is 0. The second-order valence-corrected chi connectivity index (χ2v) is 3.99. The molecule has 0 fully saturated rings. The first-order chi connectivity index (χ1) is 8.68. The van der Waals surface area contributed by atoms with Crippen LogP contribution < -0.4 is 10.3 Å². The van der Waals surface area contributed by atoms with Crippen molar-refractivity contribution in [2.24, 2.45) is 0 Å². The van der Waals surface area contributed by atoms with Crippen LogP contribution >= 0.6 is 0 Å². The zero-order chi connectivity index (χ0) is 13.0. The number of hydrogen-bond donors (Lipinski definition) is 1. The van der Waals surface area contributed by atoms with Crippen LogP contribution in [-0.2, 0) is 0 Å². The average molecular weight is 242 g/mol. The largest absolute Gasteiger partial charge is 0.379 e. The number of rotatable bonds is 3. The highest BCUT2D eigenvalue weighted by molar-refractivity contribution is 5.93. The van der Waals surface area contributed by atoms with Crippen LogP contribution in [0, 0.1) is 13.8 Å². The molecule has 0 saturated heterocycles. The monoisotopic (exact) mass is 242 g/mol. The summed E-state index contributed by atoms with van der Waals surface area (Å²) in [4.78, 5) is 21.0. The molecular weight excluding hydrogens is 228 g/mol. The number of amides is 1. The van der Waals surface area contributed by atoms with Gasteiger partial charge in [0.25, 0.3) is 5.91 Å². The van der Waals surface area contributed by atoms with Crippen molar-refractivity contribution in [2.45, 2.75) is 13.8 Å². The molecule has 1 aromatic heterocycles. The van der Waals surface area contributed by atoms with Crippen molar-refractivity contribution in [3.63, 3.8) is 0 Å². The van der Waals surface area contributed by atoms with Crippen LogP contribution in [0.3, 0.4) is 0 Å². The zero-order valence-corrected chi connectivity index (χ0v) is 10.3. The highest BCUT2D eigenvalue weighted by atomic mass is 16.7. The van der Waals surface area contributed by atoms with Gasteiger partial charge in [-0.3, -0.25) is 9.78 Å². The van der Waals surface area contributed by atoms with Gasteiger partial charge in [-0.25, -0.2) is 0 Å². The fourth-order valence-corrected chi connectivity index (χ4v) is 1.62. The van der Waals surface area contributed by atoms with E-state index in [4.69, 9.17) is 4.84 Å². The van der Waals surface area contributed by atoms with Gasteiger partial charge in [-0.05, 0) is 37.1 Å². The van der Waals surface area contributed by atoms with E-state index in [-0.39, 0.29) is 5.91 Å². The van der Waals surface area contributed by atoms with Crippen molar-refractivity contribution in [3.8, 4) is 5.75 Å². The third-order valence-electron chi connectivity index (χ3n) is 2.60. The zero-order valence-electron chi connectivity index (χ0n) is 10.3. The molecule has 2 rings (SSSR count). The van der Waals surface area contributed by atoms with Gasteiger partial charge in [0.2, 0.25) is 0 Å². The van der Waals surface area contributed by atoms with E-state index in [0.29, 0.717) is 11.3 Å². The summed E-state index contributed by atoms with van der Waals surface area (Å²) in [5.41, 5.74) is 4.89.